The molecule has 1 aliphatic rings. The Morgan fingerprint density at radius 3 is 2.39 bits per heavy atom. The molecule has 7 heteroatoms. The van der Waals surface area contributed by atoms with Gasteiger partial charge in [0.25, 0.3) is 0 Å². The van der Waals surface area contributed by atoms with Crippen molar-refractivity contribution in [3.8, 4) is 22.4 Å². The smallest absolute Gasteiger partial charge is 0.166 e. The number of rotatable bonds is 3. The van der Waals surface area contributed by atoms with Crippen molar-refractivity contribution in [2.45, 2.75) is 6.92 Å². The van der Waals surface area contributed by atoms with Crippen LogP contribution < -0.4 is 4.90 Å². The Kier molecular flexibility index (Phi) is 5.12. The fourth-order valence-corrected chi connectivity index (χ4v) is 4.33. The lowest BCUT2D eigenvalue weighted by Crippen LogP contribution is -2.45. The summed E-state index contributed by atoms with van der Waals surface area (Å²) in [5.41, 5.74) is 4.94. The van der Waals surface area contributed by atoms with Gasteiger partial charge in [0.15, 0.2) is 5.65 Å². The third-order valence-corrected chi connectivity index (χ3v) is 6.12. The molecule has 1 saturated heterocycles. The summed E-state index contributed by atoms with van der Waals surface area (Å²) in [7, 11) is 2.14. The second-order valence-electron chi connectivity index (χ2n) is 7.99. The highest BCUT2D eigenvalue weighted by atomic mass is 35.5. The van der Waals surface area contributed by atoms with Crippen molar-refractivity contribution in [1.82, 2.24) is 19.5 Å². The second kappa shape index (κ2) is 7.94. The molecule has 5 rings (SSSR count). The summed E-state index contributed by atoms with van der Waals surface area (Å²) in [5.74, 6) is 0.735. The summed E-state index contributed by atoms with van der Waals surface area (Å²) in [6.07, 6.45) is 0. The van der Waals surface area contributed by atoms with E-state index < -0.39 is 0 Å². The van der Waals surface area contributed by atoms with Crippen LogP contribution in [-0.4, -0.2) is 52.7 Å². The summed E-state index contributed by atoms with van der Waals surface area (Å²) in [5, 5.41) is 5.62. The zero-order valence-corrected chi connectivity index (χ0v) is 18.3. The molecule has 0 atom stereocenters. The average molecular weight is 436 g/mol. The van der Waals surface area contributed by atoms with E-state index in [1.807, 2.05) is 35.7 Å². The lowest BCUT2D eigenvalue weighted by Gasteiger charge is -2.34. The lowest BCUT2D eigenvalue weighted by atomic mass is 10.0. The first-order chi connectivity index (χ1) is 15.0. The molecule has 1 fully saturated rings. The number of anilines is 1. The molecule has 0 amide bonds. The Morgan fingerprint density at radius 2 is 1.68 bits per heavy atom. The number of fused-ring (bicyclic) bond motifs is 1. The van der Waals surface area contributed by atoms with Crippen molar-refractivity contribution in [3.63, 3.8) is 0 Å². The third kappa shape index (κ3) is 3.66. The molecule has 4 aromatic rings. The highest BCUT2D eigenvalue weighted by Crippen LogP contribution is 2.39. The minimum Gasteiger partial charge on any atom is -0.354 e. The van der Waals surface area contributed by atoms with Gasteiger partial charge in [0.2, 0.25) is 0 Å². The number of likely N-dealkylation sites (N-methyl/N-ethyl adjacent to an activating group) is 1. The third-order valence-electron chi connectivity index (χ3n) is 5.79. The van der Waals surface area contributed by atoms with Gasteiger partial charge in [0.1, 0.15) is 17.3 Å². The highest BCUT2D eigenvalue weighted by molar-refractivity contribution is 6.33. The summed E-state index contributed by atoms with van der Waals surface area (Å²) in [6.45, 7) is 5.82. The minimum absolute atomic E-state index is 0.276. The topological polar surface area (TPSA) is 36.7 Å². The molecule has 2 aromatic heterocycles. The first kappa shape index (κ1) is 20.0. The van der Waals surface area contributed by atoms with E-state index in [1.165, 1.54) is 12.1 Å². The van der Waals surface area contributed by atoms with Gasteiger partial charge in [0.05, 0.1) is 10.6 Å². The number of piperazine rings is 1. The predicted molar refractivity (Wildman–Crippen MR) is 123 cm³/mol. The van der Waals surface area contributed by atoms with Crippen LogP contribution >= 0.6 is 11.6 Å². The van der Waals surface area contributed by atoms with Crippen molar-refractivity contribution < 1.29 is 4.39 Å². The fourth-order valence-electron chi connectivity index (χ4n) is 4.10. The number of hydrogen-bond donors (Lipinski definition) is 0. The van der Waals surface area contributed by atoms with Crippen molar-refractivity contribution in [3.05, 3.63) is 71.1 Å². The molecule has 3 heterocycles. The zero-order valence-electron chi connectivity index (χ0n) is 17.5. The van der Waals surface area contributed by atoms with Crippen LogP contribution in [0.4, 0.5) is 10.2 Å². The van der Waals surface area contributed by atoms with Crippen LogP contribution in [0, 0.1) is 12.7 Å². The standard InChI is InChI=1S/C24H23ClFN5/c1-16-15-21(30-13-11-29(2)12-14-30)31-24(27-16)22(17-7-9-18(26)10-8-17)23(28-31)19-5-3-4-6-20(19)25/h3-10,15H,11-14H2,1-2H3. The Balaban J connectivity index is 1.79. The van der Waals surface area contributed by atoms with Gasteiger partial charge in [-0.15, -0.1) is 0 Å². The van der Waals surface area contributed by atoms with E-state index in [0.717, 1.165) is 65.7 Å². The molecular formula is C24H23ClFN5. The average Bonchev–Trinajstić information content (AvgIpc) is 3.13. The maximum atomic E-state index is 13.7. The summed E-state index contributed by atoms with van der Waals surface area (Å²) >= 11 is 6.56. The van der Waals surface area contributed by atoms with Gasteiger partial charge in [0, 0.05) is 43.5 Å². The highest BCUT2D eigenvalue weighted by Gasteiger charge is 2.24. The molecule has 2 aromatic carbocycles. The van der Waals surface area contributed by atoms with Gasteiger partial charge in [-0.25, -0.2) is 9.37 Å². The van der Waals surface area contributed by atoms with Crippen LogP contribution in [0.15, 0.2) is 54.6 Å². The molecule has 158 valence electrons. The zero-order chi connectivity index (χ0) is 21.5. The molecule has 5 nitrogen and oxygen atoms in total. The molecule has 0 bridgehead atoms. The number of nitrogens with zero attached hydrogens (tertiary/aromatic N) is 5. The van der Waals surface area contributed by atoms with E-state index in [4.69, 9.17) is 21.7 Å². The van der Waals surface area contributed by atoms with E-state index in [9.17, 15) is 4.39 Å². The maximum absolute atomic E-state index is 13.7. The van der Waals surface area contributed by atoms with Gasteiger partial charge >= 0.3 is 0 Å². The Morgan fingerprint density at radius 1 is 0.968 bits per heavy atom. The van der Waals surface area contributed by atoms with Crippen molar-refractivity contribution in [2.24, 2.45) is 0 Å². The van der Waals surface area contributed by atoms with E-state index >= 15 is 0 Å². The minimum atomic E-state index is -0.276. The van der Waals surface area contributed by atoms with Gasteiger partial charge in [-0.1, -0.05) is 41.9 Å². The summed E-state index contributed by atoms with van der Waals surface area (Å²) in [6, 6.07) is 16.2. The number of aromatic nitrogens is 3. The summed E-state index contributed by atoms with van der Waals surface area (Å²) in [4.78, 5) is 9.52. The van der Waals surface area contributed by atoms with Crippen LogP contribution in [0.5, 0.6) is 0 Å². The summed E-state index contributed by atoms with van der Waals surface area (Å²) < 4.78 is 15.6. The fraction of sp³-hybridized carbons (Fsp3) is 0.250. The molecule has 0 unspecified atom stereocenters. The quantitative estimate of drug-likeness (QED) is 0.458. The number of benzene rings is 2. The van der Waals surface area contributed by atoms with Crippen molar-refractivity contribution in [1.29, 1.82) is 0 Å². The lowest BCUT2D eigenvalue weighted by molar-refractivity contribution is 0.311. The van der Waals surface area contributed by atoms with E-state index in [-0.39, 0.29) is 5.82 Å². The molecular weight excluding hydrogens is 413 g/mol. The van der Waals surface area contributed by atoms with Gasteiger partial charge in [-0.3, -0.25) is 0 Å². The van der Waals surface area contributed by atoms with Crippen molar-refractivity contribution >= 4 is 23.1 Å². The normalized spacial score (nSPS) is 15.0. The van der Waals surface area contributed by atoms with Gasteiger partial charge in [-0.2, -0.15) is 9.61 Å². The first-order valence-corrected chi connectivity index (χ1v) is 10.7. The Labute approximate surface area is 185 Å². The van der Waals surface area contributed by atoms with E-state index in [0.29, 0.717) is 5.02 Å². The van der Waals surface area contributed by atoms with Crippen LogP contribution in [-0.2, 0) is 0 Å². The monoisotopic (exact) mass is 435 g/mol. The first-order valence-electron chi connectivity index (χ1n) is 10.4. The van der Waals surface area contributed by atoms with Crippen molar-refractivity contribution in [2.75, 3.05) is 38.1 Å². The number of halogens is 2. The molecule has 0 N–H and O–H groups in total. The number of hydrogen-bond acceptors (Lipinski definition) is 4. The van der Waals surface area contributed by atoms with Gasteiger partial charge in [-0.05, 0) is 37.7 Å². The second-order valence-corrected chi connectivity index (χ2v) is 8.40. The molecule has 0 radical (unpaired) electrons. The largest absolute Gasteiger partial charge is 0.354 e. The van der Waals surface area contributed by atoms with Gasteiger partial charge < -0.3 is 9.80 Å². The predicted octanol–water partition coefficient (Wildman–Crippen LogP) is 4.92. The molecule has 0 aliphatic carbocycles. The molecule has 0 saturated carbocycles. The molecule has 31 heavy (non-hydrogen) atoms. The van der Waals surface area contributed by atoms with Crippen LogP contribution in [0.3, 0.4) is 0 Å². The van der Waals surface area contributed by atoms with Crippen LogP contribution in [0.1, 0.15) is 5.69 Å². The molecule has 0 spiro atoms. The van der Waals surface area contributed by atoms with E-state index in [1.54, 1.807) is 12.1 Å². The SMILES string of the molecule is Cc1cc(N2CCN(C)CC2)n2nc(-c3ccccc3Cl)c(-c3ccc(F)cc3)c2n1. The Bertz CT molecular complexity index is 1240. The van der Waals surface area contributed by atoms with Crippen LogP contribution in [0.25, 0.3) is 28.0 Å². The van der Waals surface area contributed by atoms with E-state index in [2.05, 4.69) is 22.9 Å². The Hall–Kier alpha value is -2.96. The number of aryl methyl sites for hydroxylation is 1. The maximum Gasteiger partial charge on any atom is 0.166 e. The van der Waals surface area contributed by atoms with Crippen LogP contribution in [0.2, 0.25) is 5.02 Å². The molecule has 1 aliphatic heterocycles.